The zero-order chi connectivity index (χ0) is 41.1. The first-order chi connectivity index (χ1) is 27.5. The van der Waals surface area contributed by atoms with Crippen LogP contribution in [0.4, 0.5) is 10.2 Å². The van der Waals surface area contributed by atoms with Gasteiger partial charge in [0, 0.05) is 12.2 Å². The number of aliphatic hydroxyl groups is 2. The van der Waals surface area contributed by atoms with Gasteiger partial charge in [-0.3, -0.25) is 14.8 Å². The van der Waals surface area contributed by atoms with Gasteiger partial charge in [0.2, 0.25) is 0 Å². The lowest BCUT2D eigenvalue weighted by Gasteiger charge is -2.27. The number of benzene rings is 1. The minimum Gasteiger partial charge on any atom is -0.387 e. The normalized spacial score (nSPS) is 21.2. The molecule has 318 valence electrons. The van der Waals surface area contributed by atoms with Crippen molar-refractivity contribution in [3.63, 3.8) is 0 Å². The predicted molar refractivity (Wildman–Crippen MR) is 212 cm³/mol. The summed E-state index contributed by atoms with van der Waals surface area (Å²) in [7, 11) is -4.80. The Labute approximate surface area is 335 Å². The Morgan fingerprint density at radius 1 is 0.965 bits per heavy atom. The first kappa shape index (κ1) is 46.6. The maximum absolute atomic E-state index is 14.5. The number of fused-ring (bicyclic) bond motifs is 1. The number of anilines is 1. The summed E-state index contributed by atoms with van der Waals surface area (Å²) in [5.41, 5.74) is 11.2. The van der Waals surface area contributed by atoms with Crippen molar-refractivity contribution in [2.24, 2.45) is 5.73 Å². The van der Waals surface area contributed by atoms with E-state index in [1.807, 2.05) is 6.07 Å². The highest BCUT2D eigenvalue weighted by Crippen LogP contribution is 2.45. The van der Waals surface area contributed by atoms with Crippen molar-refractivity contribution in [3.8, 4) is 6.07 Å². The fourth-order valence-electron chi connectivity index (χ4n) is 6.90. The molecule has 0 aliphatic carbocycles. The molecule has 3 aromatic rings. The lowest BCUT2D eigenvalue weighted by Crippen LogP contribution is -2.49. The molecule has 1 saturated heterocycles. The van der Waals surface area contributed by atoms with Gasteiger partial charge in [0.15, 0.2) is 11.5 Å². The summed E-state index contributed by atoms with van der Waals surface area (Å²) in [4.78, 5) is 14.5. The average molecular weight is 821 g/mol. The van der Waals surface area contributed by atoms with Crippen LogP contribution in [0.25, 0.3) is 5.52 Å². The van der Waals surface area contributed by atoms with E-state index in [0.717, 1.165) is 19.3 Å². The van der Waals surface area contributed by atoms with Crippen molar-refractivity contribution >= 4 is 19.2 Å². The molecule has 1 unspecified atom stereocenters. The monoisotopic (exact) mass is 820 g/mol. The molecule has 0 spiro atoms. The van der Waals surface area contributed by atoms with Crippen molar-refractivity contribution in [1.82, 2.24) is 14.6 Å². The predicted octanol–water partition coefficient (Wildman–Crippen LogP) is 6.55. The number of phosphoric ester groups is 1. The summed E-state index contributed by atoms with van der Waals surface area (Å²) >= 11 is 0. The summed E-state index contributed by atoms with van der Waals surface area (Å²) in [6.07, 6.45) is 15.7. The molecule has 17 heteroatoms. The second-order valence-electron chi connectivity index (χ2n) is 14.8. The molecule has 3 heterocycles. The van der Waals surface area contributed by atoms with Crippen LogP contribution in [0, 0.1) is 17.1 Å². The summed E-state index contributed by atoms with van der Waals surface area (Å²) in [6.45, 7) is 1.25. The van der Waals surface area contributed by atoms with Crippen LogP contribution >= 0.6 is 7.82 Å². The minimum atomic E-state index is -4.80. The van der Waals surface area contributed by atoms with Crippen molar-refractivity contribution in [1.29, 1.82) is 5.26 Å². The van der Waals surface area contributed by atoms with E-state index >= 15 is 0 Å². The Morgan fingerprint density at radius 2 is 1.60 bits per heavy atom. The van der Waals surface area contributed by atoms with E-state index in [4.69, 9.17) is 34.7 Å². The number of hydrogen-bond acceptors (Lipinski definition) is 13. The highest BCUT2D eigenvalue weighted by Gasteiger charge is 2.55. The van der Waals surface area contributed by atoms with Gasteiger partial charge in [0.25, 0.3) is 0 Å². The van der Waals surface area contributed by atoms with Gasteiger partial charge in [-0.15, -0.1) is 0 Å². The van der Waals surface area contributed by atoms with Crippen LogP contribution in [-0.2, 0) is 40.2 Å². The Bertz CT molecular complexity index is 1730. The highest BCUT2D eigenvalue weighted by molar-refractivity contribution is 7.47. The first-order valence-corrected chi connectivity index (χ1v) is 21.9. The number of rotatable bonds is 29. The molecule has 15 nitrogen and oxygen atoms in total. The van der Waals surface area contributed by atoms with Crippen LogP contribution < -0.4 is 11.5 Å². The summed E-state index contributed by atoms with van der Waals surface area (Å²) < 4.78 is 56.6. The van der Waals surface area contributed by atoms with E-state index in [1.165, 1.54) is 119 Å². The number of aliphatic hydroxyl groups excluding tert-OH is 2. The molecular weight excluding hydrogens is 758 g/mol. The van der Waals surface area contributed by atoms with Gasteiger partial charge in [-0.2, -0.15) is 10.4 Å². The zero-order valence-corrected chi connectivity index (χ0v) is 34.1. The van der Waals surface area contributed by atoms with Gasteiger partial charge < -0.3 is 35.1 Å². The number of ether oxygens (including phenoxy) is 3. The number of nitrogen functional groups attached to an aromatic ring is 1. The third-order valence-corrected chi connectivity index (χ3v) is 11.2. The van der Waals surface area contributed by atoms with E-state index in [9.17, 15) is 29.3 Å². The lowest BCUT2D eigenvalue weighted by atomic mass is 10.0. The lowest BCUT2D eigenvalue weighted by molar-refractivity contribution is -0.0982. The van der Waals surface area contributed by atoms with Gasteiger partial charge in [0.05, 0.1) is 43.8 Å². The van der Waals surface area contributed by atoms with Crippen molar-refractivity contribution < 1.29 is 47.3 Å². The quantitative estimate of drug-likeness (QED) is 0.0370. The number of nitriles is 1. The first-order valence-electron chi connectivity index (χ1n) is 20.4. The molecule has 4 rings (SSSR count). The number of halogens is 1. The van der Waals surface area contributed by atoms with E-state index < -0.39 is 57.0 Å². The molecule has 57 heavy (non-hydrogen) atoms. The molecule has 7 N–H and O–H groups in total. The number of nitrogens with two attached hydrogens (primary N) is 2. The van der Waals surface area contributed by atoms with Crippen molar-refractivity contribution in [2.45, 2.75) is 146 Å². The third-order valence-electron chi connectivity index (χ3n) is 10.3. The van der Waals surface area contributed by atoms with E-state index in [1.54, 1.807) is 6.07 Å². The van der Waals surface area contributed by atoms with Gasteiger partial charge in [-0.25, -0.2) is 18.5 Å². The highest BCUT2D eigenvalue weighted by atomic mass is 31.2. The molecule has 6 atom stereocenters. The number of nitrogens with zero attached hydrogens (tertiary/aromatic N) is 4. The fraction of sp³-hybridized carbons (Fsp3) is 0.675. The Hall–Kier alpha value is -3.07. The molecule has 0 radical (unpaired) electrons. The number of hydrogen-bond donors (Lipinski definition) is 5. The summed E-state index contributed by atoms with van der Waals surface area (Å²) in [5, 5.41) is 34.9. The van der Waals surface area contributed by atoms with Crippen LogP contribution in [0.15, 0.2) is 36.7 Å². The molecule has 1 fully saturated rings. The Morgan fingerprint density at radius 3 is 2.23 bits per heavy atom. The second-order valence-corrected chi connectivity index (χ2v) is 16.3. The van der Waals surface area contributed by atoms with E-state index in [0.29, 0.717) is 12.1 Å². The van der Waals surface area contributed by atoms with Gasteiger partial charge in [0.1, 0.15) is 42.1 Å². The minimum absolute atomic E-state index is 0.0238. The maximum Gasteiger partial charge on any atom is 0.472 e. The molecule has 1 aromatic carbocycles. The molecule has 0 bridgehead atoms. The largest absolute Gasteiger partial charge is 0.472 e. The van der Waals surface area contributed by atoms with Gasteiger partial charge in [-0.1, -0.05) is 103 Å². The molecular formula is C40H62FN6O9P. The van der Waals surface area contributed by atoms with Gasteiger partial charge in [-0.05, 0) is 36.8 Å². The molecule has 2 aromatic heterocycles. The SMILES string of the molecule is CCCCCCCCCCCCCCCCCCOC[C@H](COP(=O)(O)OC[C@H]1O[C@@](N)(c2ccc3c(N)ncnn23)[C@H](O)[C@@H]1O)OCc1cc(C#N)ccc1F. The topological polar surface area (TPSA) is 230 Å². The van der Waals surface area contributed by atoms with E-state index in [2.05, 4.69) is 17.0 Å². The summed E-state index contributed by atoms with van der Waals surface area (Å²) in [5.74, 6) is -0.420. The van der Waals surface area contributed by atoms with E-state index in [-0.39, 0.29) is 35.9 Å². The van der Waals surface area contributed by atoms with Crippen LogP contribution in [0.3, 0.4) is 0 Å². The number of unbranched alkanes of at least 4 members (excludes halogenated alkanes) is 15. The number of phosphoric acid groups is 1. The maximum atomic E-state index is 14.5. The molecule has 1 aliphatic heterocycles. The van der Waals surface area contributed by atoms with Gasteiger partial charge >= 0.3 is 7.82 Å². The van der Waals surface area contributed by atoms with Crippen molar-refractivity contribution in [2.75, 3.05) is 32.2 Å². The second kappa shape index (κ2) is 24.1. The smallest absolute Gasteiger partial charge is 0.387 e. The summed E-state index contributed by atoms with van der Waals surface area (Å²) in [6, 6.07) is 8.92. The van der Waals surface area contributed by atoms with Crippen LogP contribution in [-0.4, -0.2) is 80.5 Å². The average Bonchev–Trinajstić information content (AvgIpc) is 3.74. The van der Waals surface area contributed by atoms with Crippen LogP contribution in [0.1, 0.15) is 126 Å². The standard InChI is InChI=1S/C40H62FN6O9P/c1-2-3-4-5-6-7-8-9-10-11-12-13-14-15-16-17-22-52-26-32(53-25-31-23-30(24-42)18-19-33(31)41)27-54-57(50,51)55-28-35-37(48)38(49)40(44,56-35)36-21-20-34-39(43)45-29-46-47(34)36/h18-21,23,29,32,35,37-38,48-49H,2-17,22,25-28,44H2,1H3,(H,50,51)(H2,43,45,46)/t32-,35-,37-,38-,40+/m1/s1. The fourth-order valence-corrected chi connectivity index (χ4v) is 7.66. The third kappa shape index (κ3) is 14.6. The van der Waals surface area contributed by atoms with Crippen molar-refractivity contribution in [3.05, 3.63) is 59.3 Å². The Kier molecular flexibility index (Phi) is 19.7. The zero-order valence-electron chi connectivity index (χ0n) is 33.2. The molecule has 0 amide bonds. The van der Waals surface area contributed by atoms with Crippen LogP contribution in [0.5, 0.6) is 0 Å². The number of aromatic nitrogens is 3. The Balaban J connectivity index is 1.18. The molecule has 0 saturated carbocycles. The molecule has 1 aliphatic rings. The van der Waals surface area contributed by atoms with Crippen LogP contribution in [0.2, 0.25) is 0 Å².